The van der Waals surface area contributed by atoms with Gasteiger partial charge in [-0.25, -0.2) is 13.4 Å². The number of sulfone groups is 1. The molecule has 1 N–H and O–H groups in total. The van der Waals surface area contributed by atoms with Crippen LogP contribution in [0.1, 0.15) is 55.8 Å². The van der Waals surface area contributed by atoms with Gasteiger partial charge in [-0.15, -0.1) is 11.3 Å². The minimum Gasteiger partial charge on any atom is -0.348 e. The maximum atomic E-state index is 12.1. The van der Waals surface area contributed by atoms with Gasteiger partial charge in [0, 0.05) is 11.8 Å². The van der Waals surface area contributed by atoms with E-state index in [1.807, 2.05) is 19.2 Å². The number of hydrogen-bond acceptors (Lipinski definition) is 5. The SMILES string of the molecule is Cc1nc(C(C)NC(=O)CCS(=O)(=O)C2CCCC2)cs1. The highest BCUT2D eigenvalue weighted by Gasteiger charge is 2.29. The van der Waals surface area contributed by atoms with E-state index in [1.54, 1.807) is 0 Å². The fraction of sp³-hybridized carbons (Fsp3) is 0.714. The number of nitrogens with one attached hydrogen (secondary N) is 1. The van der Waals surface area contributed by atoms with Crippen LogP contribution in [0, 0.1) is 6.92 Å². The molecular formula is C14H22N2O3S2. The van der Waals surface area contributed by atoms with Crippen molar-refractivity contribution in [2.75, 3.05) is 5.75 Å². The maximum absolute atomic E-state index is 12.1. The van der Waals surface area contributed by atoms with Crippen molar-refractivity contribution in [2.24, 2.45) is 0 Å². The minimum atomic E-state index is -3.13. The second-order valence-electron chi connectivity index (χ2n) is 5.60. The maximum Gasteiger partial charge on any atom is 0.221 e. The van der Waals surface area contributed by atoms with E-state index in [0.29, 0.717) is 0 Å². The predicted octanol–water partition coefficient (Wildman–Crippen LogP) is 2.38. The molecule has 21 heavy (non-hydrogen) atoms. The van der Waals surface area contributed by atoms with Crippen LogP contribution in [0.5, 0.6) is 0 Å². The summed E-state index contributed by atoms with van der Waals surface area (Å²) in [6.45, 7) is 3.77. The normalized spacial score (nSPS) is 17.8. The number of carbonyl (C=O) groups excluding carboxylic acids is 1. The van der Waals surface area contributed by atoms with Crippen LogP contribution in [0.4, 0.5) is 0 Å². The summed E-state index contributed by atoms with van der Waals surface area (Å²) in [6.07, 6.45) is 3.50. The molecule has 118 valence electrons. The summed E-state index contributed by atoms with van der Waals surface area (Å²) >= 11 is 1.54. The standard InChI is InChI=1S/C14H22N2O3S2/c1-10(13-9-20-11(2)16-13)15-14(17)7-8-21(18,19)12-5-3-4-6-12/h9-10,12H,3-8H2,1-2H3,(H,15,17). The fourth-order valence-electron chi connectivity index (χ4n) is 2.62. The summed E-state index contributed by atoms with van der Waals surface area (Å²) in [5.74, 6) is -0.276. The number of nitrogens with zero attached hydrogens (tertiary/aromatic N) is 1. The first-order valence-electron chi connectivity index (χ1n) is 7.31. The number of hydrogen-bond donors (Lipinski definition) is 1. The van der Waals surface area contributed by atoms with Gasteiger partial charge in [0.25, 0.3) is 0 Å². The van der Waals surface area contributed by atoms with Gasteiger partial charge in [0.15, 0.2) is 9.84 Å². The molecule has 1 unspecified atom stereocenters. The molecule has 0 bridgehead atoms. The van der Waals surface area contributed by atoms with Crippen molar-refractivity contribution < 1.29 is 13.2 Å². The van der Waals surface area contributed by atoms with Gasteiger partial charge in [-0.3, -0.25) is 4.79 Å². The van der Waals surface area contributed by atoms with Crippen molar-refractivity contribution in [3.05, 3.63) is 16.1 Å². The third kappa shape index (κ3) is 4.51. The number of aromatic nitrogens is 1. The lowest BCUT2D eigenvalue weighted by Gasteiger charge is -2.13. The fourth-order valence-corrected chi connectivity index (χ4v) is 5.18. The second-order valence-corrected chi connectivity index (χ2v) is 9.07. The Morgan fingerprint density at radius 3 is 2.71 bits per heavy atom. The molecule has 1 amide bonds. The van der Waals surface area contributed by atoms with Gasteiger partial charge in [0.2, 0.25) is 5.91 Å². The lowest BCUT2D eigenvalue weighted by Crippen LogP contribution is -2.30. The van der Waals surface area contributed by atoms with Crippen LogP contribution in [0.15, 0.2) is 5.38 Å². The molecule has 1 aliphatic carbocycles. The molecule has 0 radical (unpaired) electrons. The highest BCUT2D eigenvalue weighted by Crippen LogP contribution is 2.25. The van der Waals surface area contributed by atoms with Crippen molar-refractivity contribution in [3.63, 3.8) is 0 Å². The van der Waals surface area contributed by atoms with Crippen LogP contribution in [0.25, 0.3) is 0 Å². The van der Waals surface area contributed by atoms with E-state index >= 15 is 0 Å². The molecule has 1 aromatic heterocycles. The third-order valence-electron chi connectivity index (χ3n) is 3.88. The summed E-state index contributed by atoms with van der Waals surface area (Å²) in [4.78, 5) is 16.2. The molecular weight excluding hydrogens is 308 g/mol. The monoisotopic (exact) mass is 330 g/mol. The van der Waals surface area contributed by atoms with Gasteiger partial charge < -0.3 is 5.32 Å². The van der Waals surface area contributed by atoms with Gasteiger partial charge in [0.05, 0.1) is 27.7 Å². The van der Waals surface area contributed by atoms with Crippen LogP contribution in [0.2, 0.25) is 0 Å². The first-order chi connectivity index (χ1) is 9.88. The molecule has 1 aromatic rings. The molecule has 7 heteroatoms. The molecule has 1 atom stereocenters. The van der Waals surface area contributed by atoms with Crippen molar-refractivity contribution in [1.82, 2.24) is 10.3 Å². The average Bonchev–Trinajstić information content (AvgIpc) is 3.07. The number of rotatable bonds is 6. The third-order valence-corrected chi connectivity index (χ3v) is 6.93. The lowest BCUT2D eigenvalue weighted by molar-refractivity contribution is -0.121. The van der Waals surface area contributed by atoms with Crippen molar-refractivity contribution in [3.8, 4) is 0 Å². The Morgan fingerprint density at radius 1 is 1.48 bits per heavy atom. The summed E-state index contributed by atoms with van der Waals surface area (Å²) < 4.78 is 24.2. The second kappa shape index (κ2) is 6.87. The van der Waals surface area contributed by atoms with E-state index in [4.69, 9.17) is 0 Å². The van der Waals surface area contributed by atoms with E-state index in [9.17, 15) is 13.2 Å². The molecule has 5 nitrogen and oxygen atoms in total. The van der Waals surface area contributed by atoms with Gasteiger partial charge in [-0.2, -0.15) is 0 Å². The Balaban J connectivity index is 1.82. The Bertz CT molecular complexity index is 589. The highest BCUT2D eigenvalue weighted by molar-refractivity contribution is 7.92. The number of thiazole rings is 1. The zero-order valence-corrected chi connectivity index (χ0v) is 14.1. The van der Waals surface area contributed by atoms with Gasteiger partial charge in [-0.05, 0) is 26.7 Å². The lowest BCUT2D eigenvalue weighted by atomic mass is 10.2. The van der Waals surface area contributed by atoms with Crippen molar-refractivity contribution in [2.45, 2.75) is 57.2 Å². The van der Waals surface area contributed by atoms with Crippen LogP contribution in [-0.2, 0) is 14.6 Å². The van der Waals surface area contributed by atoms with E-state index in [1.165, 1.54) is 11.3 Å². The Morgan fingerprint density at radius 2 is 2.14 bits per heavy atom. The largest absolute Gasteiger partial charge is 0.348 e. The summed E-state index contributed by atoms with van der Waals surface area (Å²) in [5.41, 5.74) is 0.824. The topological polar surface area (TPSA) is 76.1 Å². The van der Waals surface area contributed by atoms with E-state index in [2.05, 4.69) is 10.3 Å². The molecule has 0 aromatic carbocycles. The number of aryl methyl sites for hydroxylation is 1. The van der Waals surface area contributed by atoms with Crippen LogP contribution < -0.4 is 5.32 Å². The summed E-state index contributed by atoms with van der Waals surface area (Å²) in [6, 6.07) is -0.184. The van der Waals surface area contributed by atoms with E-state index in [0.717, 1.165) is 36.4 Å². The van der Waals surface area contributed by atoms with Crippen LogP contribution in [0.3, 0.4) is 0 Å². The molecule has 2 rings (SSSR count). The zero-order valence-electron chi connectivity index (χ0n) is 12.5. The van der Waals surface area contributed by atoms with Gasteiger partial charge in [-0.1, -0.05) is 12.8 Å². The Hall–Kier alpha value is -0.950. The van der Waals surface area contributed by atoms with Crippen LogP contribution >= 0.6 is 11.3 Å². The van der Waals surface area contributed by atoms with Crippen LogP contribution in [-0.4, -0.2) is 30.3 Å². The first-order valence-corrected chi connectivity index (χ1v) is 9.91. The molecule has 1 saturated carbocycles. The minimum absolute atomic E-state index is 0.0340. The zero-order chi connectivity index (χ0) is 15.5. The number of carbonyl (C=O) groups is 1. The quantitative estimate of drug-likeness (QED) is 0.869. The molecule has 1 heterocycles. The predicted molar refractivity (Wildman–Crippen MR) is 84.1 cm³/mol. The van der Waals surface area contributed by atoms with Gasteiger partial charge >= 0.3 is 0 Å². The Kier molecular flexibility index (Phi) is 5.37. The first kappa shape index (κ1) is 16.4. The molecule has 0 spiro atoms. The number of amides is 1. The summed E-state index contributed by atoms with van der Waals surface area (Å²) in [7, 11) is -3.13. The molecule has 1 fully saturated rings. The van der Waals surface area contributed by atoms with Crippen molar-refractivity contribution in [1.29, 1.82) is 0 Å². The smallest absolute Gasteiger partial charge is 0.221 e. The van der Waals surface area contributed by atoms with Gasteiger partial charge in [0.1, 0.15) is 0 Å². The molecule has 0 aliphatic heterocycles. The Labute approximate surface area is 130 Å². The summed E-state index contributed by atoms with van der Waals surface area (Å²) in [5, 5.41) is 5.45. The molecule has 1 aliphatic rings. The molecule has 0 saturated heterocycles. The average molecular weight is 330 g/mol. The van der Waals surface area contributed by atoms with Crippen molar-refractivity contribution >= 4 is 27.1 Å². The highest BCUT2D eigenvalue weighted by atomic mass is 32.2. The van der Waals surface area contributed by atoms with E-state index < -0.39 is 9.84 Å². The van der Waals surface area contributed by atoms with E-state index in [-0.39, 0.29) is 29.4 Å².